The van der Waals surface area contributed by atoms with E-state index < -0.39 is 0 Å². The monoisotopic (exact) mass is 322 g/mol. The molecule has 0 saturated heterocycles. The van der Waals surface area contributed by atoms with Gasteiger partial charge in [-0.2, -0.15) is 0 Å². The van der Waals surface area contributed by atoms with Crippen molar-refractivity contribution in [3.8, 4) is 0 Å². The fourth-order valence-corrected chi connectivity index (χ4v) is 2.87. The van der Waals surface area contributed by atoms with Crippen molar-refractivity contribution < 1.29 is 0 Å². The van der Waals surface area contributed by atoms with E-state index in [2.05, 4.69) is 36.6 Å². The Morgan fingerprint density at radius 3 is 2.24 bits per heavy atom. The highest BCUT2D eigenvalue weighted by Crippen LogP contribution is 2.26. The average molecular weight is 323 g/mol. The average Bonchev–Trinajstić information content (AvgIpc) is 2.48. The standard InChI is InChI=1S/C17H20Cl2N2/c1-12-5-7-13(8-6-12)9-10-14(21-20)11-15-16(18)3-2-4-17(15)19/h2-8,14,21H,9-11,20H2,1H3. The zero-order valence-corrected chi connectivity index (χ0v) is 13.6. The molecule has 2 aromatic carbocycles. The lowest BCUT2D eigenvalue weighted by Crippen LogP contribution is -2.37. The van der Waals surface area contributed by atoms with Gasteiger partial charge in [0, 0.05) is 16.1 Å². The van der Waals surface area contributed by atoms with Crippen LogP contribution in [-0.2, 0) is 12.8 Å². The molecule has 0 spiro atoms. The van der Waals surface area contributed by atoms with Crippen molar-refractivity contribution in [3.05, 3.63) is 69.2 Å². The first-order valence-electron chi connectivity index (χ1n) is 7.04. The Hall–Kier alpha value is -1.06. The molecule has 0 amide bonds. The first-order chi connectivity index (χ1) is 10.1. The predicted octanol–water partition coefficient (Wildman–Crippen LogP) is 4.31. The summed E-state index contributed by atoms with van der Waals surface area (Å²) in [7, 11) is 0. The van der Waals surface area contributed by atoms with Gasteiger partial charge in [-0.15, -0.1) is 0 Å². The number of nitrogens with two attached hydrogens (primary N) is 1. The van der Waals surface area contributed by atoms with Gasteiger partial charge in [-0.3, -0.25) is 11.3 Å². The minimum Gasteiger partial charge on any atom is -0.271 e. The Bertz CT molecular complexity index is 562. The number of hydrazine groups is 1. The van der Waals surface area contributed by atoms with Crippen molar-refractivity contribution in [2.24, 2.45) is 5.84 Å². The van der Waals surface area contributed by atoms with Crippen LogP contribution in [0.2, 0.25) is 10.0 Å². The number of halogens is 2. The molecule has 0 heterocycles. The number of hydrogen-bond donors (Lipinski definition) is 2. The third kappa shape index (κ3) is 4.72. The first-order valence-corrected chi connectivity index (χ1v) is 7.80. The lowest BCUT2D eigenvalue weighted by Gasteiger charge is -2.17. The van der Waals surface area contributed by atoms with Gasteiger partial charge in [0.15, 0.2) is 0 Å². The van der Waals surface area contributed by atoms with Crippen LogP contribution in [0.15, 0.2) is 42.5 Å². The maximum absolute atomic E-state index is 6.21. The minimum atomic E-state index is 0.142. The Morgan fingerprint density at radius 2 is 1.67 bits per heavy atom. The number of rotatable bonds is 6. The van der Waals surface area contributed by atoms with Crippen molar-refractivity contribution in [2.45, 2.75) is 32.2 Å². The molecule has 0 aromatic heterocycles. The quantitative estimate of drug-likeness (QED) is 0.614. The smallest absolute Gasteiger partial charge is 0.0453 e. The van der Waals surface area contributed by atoms with Gasteiger partial charge in [0.05, 0.1) is 0 Å². The summed E-state index contributed by atoms with van der Waals surface area (Å²) in [5.41, 5.74) is 6.41. The summed E-state index contributed by atoms with van der Waals surface area (Å²) in [4.78, 5) is 0. The highest BCUT2D eigenvalue weighted by Gasteiger charge is 2.13. The zero-order valence-electron chi connectivity index (χ0n) is 12.1. The third-order valence-electron chi connectivity index (χ3n) is 3.65. The van der Waals surface area contributed by atoms with Gasteiger partial charge < -0.3 is 0 Å². The molecule has 0 saturated carbocycles. The number of aryl methyl sites for hydroxylation is 2. The lowest BCUT2D eigenvalue weighted by molar-refractivity contribution is 0.491. The largest absolute Gasteiger partial charge is 0.271 e. The molecule has 3 N–H and O–H groups in total. The van der Waals surface area contributed by atoms with Gasteiger partial charge in [-0.1, -0.05) is 59.1 Å². The maximum atomic E-state index is 6.21. The van der Waals surface area contributed by atoms with Gasteiger partial charge in [-0.25, -0.2) is 0 Å². The second-order valence-corrected chi connectivity index (χ2v) is 6.11. The van der Waals surface area contributed by atoms with Gasteiger partial charge in [0.25, 0.3) is 0 Å². The SMILES string of the molecule is Cc1ccc(CCC(Cc2c(Cl)cccc2Cl)NN)cc1. The van der Waals surface area contributed by atoms with E-state index in [0.29, 0.717) is 10.0 Å². The summed E-state index contributed by atoms with van der Waals surface area (Å²) in [5.74, 6) is 5.67. The summed E-state index contributed by atoms with van der Waals surface area (Å²) in [6.07, 6.45) is 2.62. The van der Waals surface area contributed by atoms with Crippen molar-refractivity contribution >= 4 is 23.2 Å². The molecule has 4 heteroatoms. The highest BCUT2D eigenvalue weighted by atomic mass is 35.5. The molecule has 2 aromatic rings. The number of benzene rings is 2. The van der Waals surface area contributed by atoms with E-state index in [4.69, 9.17) is 29.0 Å². The van der Waals surface area contributed by atoms with Crippen LogP contribution in [0.4, 0.5) is 0 Å². The summed E-state index contributed by atoms with van der Waals surface area (Å²) in [5, 5.41) is 1.39. The van der Waals surface area contributed by atoms with E-state index in [9.17, 15) is 0 Å². The van der Waals surface area contributed by atoms with Crippen LogP contribution >= 0.6 is 23.2 Å². The van der Waals surface area contributed by atoms with Crippen LogP contribution in [0.3, 0.4) is 0 Å². The molecule has 0 fully saturated rings. The van der Waals surface area contributed by atoms with Gasteiger partial charge in [0.2, 0.25) is 0 Å². The van der Waals surface area contributed by atoms with Crippen molar-refractivity contribution in [2.75, 3.05) is 0 Å². The maximum Gasteiger partial charge on any atom is 0.0453 e. The number of hydrogen-bond acceptors (Lipinski definition) is 2. The summed E-state index contributed by atoms with van der Waals surface area (Å²) >= 11 is 12.4. The lowest BCUT2D eigenvalue weighted by atomic mass is 9.99. The predicted molar refractivity (Wildman–Crippen MR) is 90.8 cm³/mol. The second kappa shape index (κ2) is 7.81. The van der Waals surface area contributed by atoms with Crippen molar-refractivity contribution in [1.82, 2.24) is 5.43 Å². The molecular weight excluding hydrogens is 303 g/mol. The Labute approximate surface area is 136 Å². The van der Waals surface area contributed by atoms with Crippen molar-refractivity contribution in [3.63, 3.8) is 0 Å². The highest BCUT2D eigenvalue weighted by molar-refractivity contribution is 6.36. The normalized spacial score (nSPS) is 12.4. The summed E-state index contributed by atoms with van der Waals surface area (Å²) in [6.45, 7) is 2.09. The summed E-state index contributed by atoms with van der Waals surface area (Å²) < 4.78 is 0. The first kappa shape index (κ1) is 16.3. The molecule has 0 bridgehead atoms. The second-order valence-electron chi connectivity index (χ2n) is 5.29. The zero-order chi connectivity index (χ0) is 15.2. The molecule has 1 atom stereocenters. The molecular formula is C17H20Cl2N2. The minimum absolute atomic E-state index is 0.142. The van der Waals surface area contributed by atoms with E-state index in [1.807, 2.05) is 18.2 Å². The molecule has 112 valence electrons. The van der Waals surface area contributed by atoms with E-state index in [0.717, 1.165) is 24.8 Å². The molecule has 0 aliphatic rings. The van der Waals surface area contributed by atoms with E-state index in [1.54, 1.807) is 0 Å². The molecule has 2 nitrogen and oxygen atoms in total. The van der Waals surface area contributed by atoms with Crippen LogP contribution in [0.25, 0.3) is 0 Å². The molecule has 21 heavy (non-hydrogen) atoms. The van der Waals surface area contributed by atoms with Gasteiger partial charge >= 0.3 is 0 Å². The fraction of sp³-hybridized carbons (Fsp3) is 0.294. The number of nitrogens with one attached hydrogen (secondary N) is 1. The van der Waals surface area contributed by atoms with E-state index in [1.165, 1.54) is 11.1 Å². The van der Waals surface area contributed by atoms with Gasteiger partial charge in [-0.05, 0) is 49.4 Å². The van der Waals surface area contributed by atoms with E-state index >= 15 is 0 Å². The van der Waals surface area contributed by atoms with Crippen LogP contribution in [0.1, 0.15) is 23.1 Å². The van der Waals surface area contributed by atoms with E-state index in [-0.39, 0.29) is 6.04 Å². The van der Waals surface area contributed by atoms with Crippen LogP contribution in [-0.4, -0.2) is 6.04 Å². The van der Waals surface area contributed by atoms with Crippen LogP contribution < -0.4 is 11.3 Å². The Balaban J connectivity index is 1.98. The molecule has 1 unspecified atom stereocenters. The third-order valence-corrected chi connectivity index (χ3v) is 4.36. The molecule has 0 aliphatic heterocycles. The molecule has 2 rings (SSSR count). The molecule has 0 radical (unpaired) electrons. The van der Waals surface area contributed by atoms with Crippen molar-refractivity contribution in [1.29, 1.82) is 0 Å². The fourth-order valence-electron chi connectivity index (χ4n) is 2.31. The Morgan fingerprint density at radius 1 is 1.05 bits per heavy atom. The van der Waals surface area contributed by atoms with Gasteiger partial charge in [0.1, 0.15) is 0 Å². The van der Waals surface area contributed by atoms with Crippen LogP contribution in [0.5, 0.6) is 0 Å². The topological polar surface area (TPSA) is 38.0 Å². The summed E-state index contributed by atoms with van der Waals surface area (Å²) in [6, 6.07) is 14.3. The molecule has 0 aliphatic carbocycles. The Kier molecular flexibility index (Phi) is 6.07. The van der Waals surface area contributed by atoms with Crippen LogP contribution in [0, 0.1) is 6.92 Å².